The van der Waals surface area contributed by atoms with Gasteiger partial charge in [0.2, 0.25) is 0 Å². The lowest BCUT2D eigenvalue weighted by molar-refractivity contribution is 0.333. The quantitative estimate of drug-likeness (QED) is 0.754. The van der Waals surface area contributed by atoms with E-state index in [-0.39, 0.29) is 0 Å². The first-order valence-corrected chi connectivity index (χ1v) is 5.64. The van der Waals surface area contributed by atoms with Gasteiger partial charge in [0, 0.05) is 12.1 Å². The smallest absolute Gasteiger partial charge is 0.0110 e. The number of hydrogen-bond acceptors (Lipinski definition) is 1. The fourth-order valence-electron chi connectivity index (χ4n) is 2.30. The second kappa shape index (κ2) is 4.61. The molecule has 1 fully saturated rings. The van der Waals surface area contributed by atoms with E-state index in [0.29, 0.717) is 12.1 Å². The lowest BCUT2D eigenvalue weighted by atomic mass is 9.94. The van der Waals surface area contributed by atoms with Crippen LogP contribution in [-0.2, 0) is 6.42 Å². The highest BCUT2D eigenvalue weighted by Gasteiger charge is 2.17. The lowest BCUT2D eigenvalue weighted by Crippen LogP contribution is -2.41. The summed E-state index contributed by atoms with van der Waals surface area (Å²) in [6, 6.07) is 12.2. The summed E-state index contributed by atoms with van der Waals surface area (Å²) in [6.45, 7) is 2.29. The average Bonchev–Trinajstić information content (AvgIpc) is 2.19. The molecule has 1 saturated heterocycles. The first-order valence-electron chi connectivity index (χ1n) is 5.64. The first kappa shape index (κ1) is 9.72. The van der Waals surface area contributed by atoms with E-state index in [1.807, 2.05) is 0 Å². The van der Waals surface area contributed by atoms with Gasteiger partial charge in [0.15, 0.2) is 0 Å². The van der Waals surface area contributed by atoms with Crippen LogP contribution < -0.4 is 5.32 Å². The van der Waals surface area contributed by atoms with Gasteiger partial charge >= 0.3 is 0 Å². The number of nitrogens with one attached hydrogen (secondary N) is 1. The number of benzene rings is 1. The third kappa shape index (κ3) is 2.58. The molecule has 1 aromatic carbocycles. The maximum atomic E-state index is 3.66. The van der Waals surface area contributed by atoms with Crippen molar-refractivity contribution in [1.29, 1.82) is 0 Å². The van der Waals surface area contributed by atoms with Crippen LogP contribution in [0.1, 0.15) is 31.7 Å². The topological polar surface area (TPSA) is 12.0 Å². The van der Waals surface area contributed by atoms with Crippen LogP contribution in [0.4, 0.5) is 0 Å². The number of hydrogen-bond donors (Lipinski definition) is 1. The van der Waals surface area contributed by atoms with Crippen LogP contribution in [0.15, 0.2) is 30.3 Å². The van der Waals surface area contributed by atoms with Crippen LogP contribution in [-0.4, -0.2) is 12.1 Å². The molecule has 1 aromatic rings. The molecule has 1 aliphatic rings. The Kier molecular flexibility index (Phi) is 3.20. The van der Waals surface area contributed by atoms with E-state index in [1.54, 1.807) is 0 Å². The fraction of sp³-hybridized carbons (Fsp3) is 0.538. The van der Waals surface area contributed by atoms with E-state index in [9.17, 15) is 0 Å². The zero-order chi connectivity index (χ0) is 9.80. The predicted molar refractivity (Wildman–Crippen MR) is 60.4 cm³/mol. The van der Waals surface area contributed by atoms with E-state index < -0.39 is 0 Å². The molecule has 0 bridgehead atoms. The van der Waals surface area contributed by atoms with E-state index in [2.05, 4.69) is 42.6 Å². The molecule has 0 spiro atoms. The summed E-state index contributed by atoms with van der Waals surface area (Å²) in [5, 5.41) is 3.66. The van der Waals surface area contributed by atoms with Crippen LogP contribution in [0.25, 0.3) is 0 Å². The van der Waals surface area contributed by atoms with E-state index >= 15 is 0 Å². The molecule has 1 N–H and O–H groups in total. The Bertz CT molecular complexity index is 268. The summed E-state index contributed by atoms with van der Waals surface area (Å²) >= 11 is 0. The standard InChI is InChI=1S/C13H19N/c1-11-6-5-9-13(14-11)10-12-7-3-2-4-8-12/h2-4,7-8,11,13-14H,5-6,9-10H2,1H3. The Hall–Kier alpha value is -0.820. The number of piperidine rings is 1. The van der Waals surface area contributed by atoms with Crippen LogP contribution in [0.3, 0.4) is 0 Å². The molecule has 0 amide bonds. The van der Waals surface area contributed by atoms with Crippen molar-refractivity contribution in [3.63, 3.8) is 0 Å². The molecular weight excluding hydrogens is 170 g/mol. The molecule has 1 heterocycles. The Balaban J connectivity index is 1.91. The lowest BCUT2D eigenvalue weighted by Gasteiger charge is -2.28. The molecule has 1 heteroatoms. The molecular formula is C13H19N. The third-order valence-corrected chi connectivity index (χ3v) is 3.03. The molecule has 0 saturated carbocycles. The molecule has 2 atom stereocenters. The molecule has 14 heavy (non-hydrogen) atoms. The van der Waals surface area contributed by atoms with E-state index in [1.165, 1.54) is 31.2 Å². The molecule has 0 aliphatic carbocycles. The molecule has 0 aromatic heterocycles. The minimum absolute atomic E-state index is 0.696. The predicted octanol–water partition coefficient (Wildman–Crippen LogP) is 2.76. The summed E-state index contributed by atoms with van der Waals surface area (Å²) in [5.41, 5.74) is 1.46. The minimum Gasteiger partial charge on any atom is -0.311 e. The molecule has 2 unspecified atom stereocenters. The molecule has 1 aliphatic heterocycles. The van der Waals surface area contributed by atoms with Gasteiger partial charge in [-0.1, -0.05) is 36.8 Å². The van der Waals surface area contributed by atoms with Crippen LogP contribution in [0.2, 0.25) is 0 Å². The third-order valence-electron chi connectivity index (χ3n) is 3.03. The highest BCUT2D eigenvalue weighted by Crippen LogP contribution is 2.15. The van der Waals surface area contributed by atoms with Crippen LogP contribution in [0, 0.1) is 0 Å². The number of rotatable bonds is 2. The van der Waals surface area contributed by atoms with Gasteiger partial charge in [-0.05, 0) is 31.7 Å². The van der Waals surface area contributed by atoms with Crippen molar-refractivity contribution in [2.75, 3.05) is 0 Å². The van der Waals surface area contributed by atoms with Crippen molar-refractivity contribution in [2.45, 2.75) is 44.7 Å². The van der Waals surface area contributed by atoms with E-state index in [0.717, 1.165) is 0 Å². The van der Waals surface area contributed by atoms with Gasteiger partial charge in [-0.25, -0.2) is 0 Å². The summed E-state index contributed by atoms with van der Waals surface area (Å²) in [4.78, 5) is 0. The summed E-state index contributed by atoms with van der Waals surface area (Å²) in [5.74, 6) is 0. The molecule has 2 rings (SSSR count). The van der Waals surface area contributed by atoms with E-state index in [4.69, 9.17) is 0 Å². The van der Waals surface area contributed by atoms with Gasteiger partial charge in [0.1, 0.15) is 0 Å². The Morgan fingerprint density at radius 2 is 2.00 bits per heavy atom. The monoisotopic (exact) mass is 189 g/mol. The van der Waals surface area contributed by atoms with Gasteiger partial charge in [0.05, 0.1) is 0 Å². The maximum absolute atomic E-state index is 3.66. The zero-order valence-electron chi connectivity index (χ0n) is 8.87. The van der Waals surface area contributed by atoms with Gasteiger partial charge in [-0.3, -0.25) is 0 Å². The summed E-state index contributed by atoms with van der Waals surface area (Å²) in [6.07, 6.45) is 5.24. The average molecular weight is 189 g/mol. The van der Waals surface area contributed by atoms with Gasteiger partial charge < -0.3 is 5.32 Å². The van der Waals surface area contributed by atoms with Crippen molar-refractivity contribution in [3.05, 3.63) is 35.9 Å². The normalized spacial score (nSPS) is 27.5. The van der Waals surface area contributed by atoms with Crippen molar-refractivity contribution >= 4 is 0 Å². The zero-order valence-corrected chi connectivity index (χ0v) is 8.87. The van der Waals surface area contributed by atoms with Crippen LogP contribution in [0.5, 0.6) is 0 Å². The minimum atomic E-state index is 0.696. The largest absolute Gasteiger partial charge is 0.311 e. The van der Waals surface area contributed by atoms with Gasteiger partial charge in [-0.15, -0.1) is 0 Å². The Morgan fingerprint density at radius 1 is 1.21 bits per heavy atom. The van der Waals surface area contributed by atoms with Crippen molar-refractivity contribution in [2.24, 2.45) is 0 Å². The Morgan fingerprint density at radius 3 is 2.71 bits per heavy atom. The summed E-state index contributed by atoms with van der Waals surface area (Å²) < 4.78 is 0. The fourth-order valence-corrected chi connectivity index (χ4v) is 2.30. The molecule has 76 valence electrons. The van der Waals surface area contributed by atoms with Gasteiger partial charge in [-0.2, -0.15) is 0 Å². The van der Waals surface area contributed by atoms with Gasteiger partial charge in [0.25, 0.3) is 0 Å². The Labute approximate surface area is 86.5 Å². The SMILES string of the molecule is CC1CCCC(Cc2ccccc2)N1. The molecule has 1 nitrogen and oxygen atoms in total. The molecule has 0 radical (unpaired) electrons. The van der Waals surface area contributed by atoms with Crippen molar-refractivity contribution in [1.82, 2.24) is 5.32 Å². The second-order valence-electron chi connectivity index (χ2n) is 4.39. The highest BCUT2D eigenvalue weighted by molar-refractivity contribution is 5.16. The second-order valence-corrected chi connectivity index (χ2v) is 4.39. The van der Waals surface area contributed by atoms with Crippen molar-refractivity contribution in [3.8, 4) is 0 Å². The van der Waals surface area contributed by atoms with Crippen LogP contribution >= 0.6 is 0 Å². The van der Waals surface area contributed by atoms with Crippen molar-refractivity contribution < 1.29 is 0 Å². The first-order chi connectivity index (χ1) is 6.84. The highest BCUT2D eigenvalue weighted by atomic mass is 15.0. The summed E-state index contributed by atoms with van der Waals surface area (Å²) in [7, 11) is 0. The maximum Gasteiger partial charge on any atom is 0.0110 e.